The lowest BCUT2D eigenvalue weighted by Crippen LogP contribution is -2.11. The predicted octanol–water partition coefficient (Wildman–Crippen LogP) is 4.25. The Morgan fingerprint density at radius 1 is 0.690 bits per heavy atom. The molecule has 0 heterocycles. The number of carbonyl (C=O) groups excluding carboxylic acids is 1. The van der Waals surface area contributed by atoms with Gasteiger partial charge in [0.15, 0.2) is 5.78 Å². The average molecular weight is 386 g/mol. The quantitative estimate of drug-likeness (QED) is 0.357. The van der Waals surface area contributed by atoms with Crippen LogP contribution in [0.25, 0.3) is 12.2 Å². The highest BCUT2D eigenvalue weighted by atomic mass is 16.1. The van der Waals surface area contributed by atoms with Crippen LogP contribution < -0.4 is 11.5 Å². The highest BCUT2D eigenvalue weighted by Crippen LogP contribution is 2.26. The second kappa shape index (κ2) is 9.15. The van der Waals surface area contributed by atoms with Crippen molar-refractivity contribution in [2.45, 2.75) is 32.1 Å². The van der Waals surface area contributed by atoms with Crippen molar-refractivity contribution in [3.05, 3.63) is 81.9 Å². The Labute approximate surface area is 171 Å². The first-order chi connectivity index (χ1) is 13.9. The van der Waals surface area contributed by atoms with E-state index in [1.54, 1.807) is 24.3 Å². The lowest BCUT2D eigenvalue weighted by atomic mass is 9.89. The molecular weight excluding hydrogens is 360 g/mol. The van der Waals surface area contributed by atoms with Crippen LogP contribution in [0.4, 0.5) is 0 Å². The van der Waals surface area contributed by atoms with E-state index < -0.39 is 0 Å². The lowest BCUT2D eigenvalue weighted by molar-refractivity contribution is -0.112. The van der Waals surface area contributed by atoms with E-state index in [0.717, 1.165) is 54.4 Å². The summed E-state index contributed by atoms with van der Waals surface area (Å²) in [5.41, 5.74) is 15.9. The third kappa shape index (κ3) is 5.29. The number of nitrogens with two attached hydrogens (primary N) is 2. The first kappa shape index (κ1) is 20.3. The van der Waals surface area contributed by atoms with Crippen LogP contribution in [0.2, 0.25) is 0 Å². The van der Waals surface area contributed by atoms with Gasteiger partial charge in [0.2, 0.25) is 0 Å². The number of benzene rings is 2. The molecule has 29 heavy (non-hydrogen) atoms. The maximum atomic E-state index is 13.2. The zero-order valence-electron chi connectivity index (χ0n) is 16.4. The first-order valence-electron chi connectivity index (χ1n) is 9.79. The molecule has 148 valence electrons. The third-order valence-electron chi connectivity index (χ3n) is 5.10. The van der Waals surface area contributed by atoms with Gasteiger partial charge in [0.25, 0.3) is 0 Å². The van der Waals surface area contributed by atoms with E-state index in [-0.39, 0.29) is 17.5 Å². The Morgan fingerprint density at radius 3 is 1.41 bits per heavy atom. The predicted molar refractivity (Wildman–Crippen MR) is 119 cm³/mol. The normalized spacial score (nSPS) is 17.7. The lowest BCUT2D eigenvalue weighted by Gasteiger charge is -2.15. The zero-order valence-corrected chi connectivity index (χ0v) is 16.4. The number of hydrogen-bond donors (Lipinski definition) is 4. The zero-order chi connectivity index (χ0) is 20.8. The second-order valence-electron chi connectivity index (χ2n) is 7.30. The summed E-state index contributed by atoms with van der Waals surface area (Å²) in [6.07, 6.45) is 8.51. The number of ketones is 1. The molecule has 5 nitrogen and oxygen atoms in total. The SMILES string of the molecule is N=C(N)c1ccc(/C=C2\CCCCC/C(=C\c3ccc(C(=N)N)cc3)C2=O)cc1. The summed E-state index contributed by atoms with van der Waals surface area (Å²) in [4.78, 5) is 13.2. The maximum absolute atomic E-state index is 13.2. The first-order valence-corrected chi connectivity index (χ1v) is 9.79. The van der Waals surface area contributed by atoms with Crippen molar-refractivity contribution in [1.29, 1.82) is 10.8 Å². The van der Waals surface area contributed by atoms with Crippen molar-refractivity contribution >= 4 is 29.6 Å². The summed E-state index contributed by atoms with van der Waals surface area (Å²) in [6.45, 7) is 0. The molecule has 2 aromatic rings. The summed E-state index contributed by atoms with van der Waals surface area (Å²) >= 11 is 0. The number of amidine groups is 2. The van der Waals surface area contributed by atoms with Gasteiger partial charge in [0, 0.05) is 22.3 Å². The van der Waals surface area contributed by atoms with Crippen LogP contribution in [0.1, 0.15) is 54.4 Å². The number of nitrogens with one attached hydrogen (secondary N) is 2. The Bertz CT molecular complexity index is 903. The molecule has 0 unspecified atom stereocenters. The monoisotopic (exact) mass is 386 g/mol. The van der Waals surface area contributed by atoms with Crippen LogP contribution in [-0.4, -0.2) is 17.5 Å². The van der Waals surface area contributed by atoms with Gasteiger partial charge in [0.1, 0.15) is 11.7 Å². The van der Waals surface area contributed by atoms with Crippen molar-refractivity contribution in [2.24, 2.45) is 11.5 Å². The molecule has 5 heteroatoms. The number of nitrogen functional groups attached to an aromatic ring is 2. The molecule has 1 aliphatic rings. The summed E-state index contributed by atoms with van der Waals surface area (Å²) in [5.74, 6) is 0.162. The smallest absolute Gasteiger partial charge is 0.185 e. The molecule has 1 aliphatic carbocycles. The minimum Gasteiger partial charge on any atom is -0.384 e. The van der Waals surface area contributed by atoms with Gasteiger partial charge in [-0.2, -0.15) is 0 Å². The van der Waals surface area contributed by atoms with Crippen LogP contribution in [0.3, 0.4) is 0 Å². The van der Waals surface area contributed by atoms with Crippen molar-refractivity contribution in [3.63, 3.8) is 0 Å². The number of hydrogen-bond acceptors (Lipinski definition) is 3. The van der Waals surface area contributed by atoms with Gasteiger partial charge >= 0.3 is 0 Å². The molecule has 0 atom stereocenters. The summed E-state index contributed by atoms with van der Waals surface area (Å²) in [7, 11) is 0. The number of rotatable bonds is 4. The summed E-state index contributed by atoms with van der Waals surface area (Å²) in [6, 6.07) is 14.8. The minimum atomic E-state index is 0.0345. The molecule has 0 radical (unpaired) electrons. The van der Waals surface area contributed by atoms with Gasteiger partial charge in [-0.3, -0.25) is 15.6 Å². The molecule has 1 saturated carbocycles. The van der Waals surface area contributed by atoms with E-state index in [4.69, 9.17) is 22.3 Å². The van der Waals surface area contributed by atoms with E-state index in [9.17, 15) is 4.79 Å². The molecule has 1 fully saturated rings. The molecule has 6 N–H and O–H groups in total. The molecule has 0 saturated heterocycles. The van der Waals surface area contributed by atoms with Crippen LogP contribution >= 0.6 is 0 Å². The van der Waals surface area contributed by atoms with E-state index in [1.807, 2.05) is 36.4 Å². The molecule has 2 aromatic carbocycles. The largest absolute Gasteiger partial charge is 0.384 e. The van der Waals surface area contributed by atoms with Crippen LogP contribution in [0.5, 0.6) is 0 Å². The molecule has 0 bridgehead atoms. The van der Waals surface area contributed by atoms with Gasteiger partial charge < -0.3 is 11.5 Å². The maximum Gasteiger partial charge on any atom is 0.185 e. The molecule has 3 rings (SSSR count). The van der Waals surface area contributed by atoms with Crippen LogP contribution in [-0.2, 0) is 4.79 Å². The number of Topliss-reactive ketones (excluding diaryl/α,β-unsaturated/α-hetero) is 1. The molecule has 0 aliphatic heterocycles. The Hall–Kier alpha value is -3.47. The van der Waals surface area contributed by atoms with Gasteiger partial charge in [-0.05, 0) is 49.0 Å². The van der Waals surface area contributed by atoms with Crippen molar-refractivity contribution in [2.75, 3.05) is 0 Å². The summed E-state index contributed by atoms with van der Waals surface area (Å²) < 4.78 is 0. The topological polar surface area (TPSA) is 117 Å². The van der Waals surface area contributed by atoms with E-state index in [0.29, 0.717) is 11.1 Å². The highest BCUT2D eigenvalue weighted by molar-refractivity contribution is 6.13. The fourth-order valence-electron chi connectivity index (χ4n) is 3.44. The minimum absolute atomic E-state index is 0.0345. The Kier molecular flexibility index (Phi) is 6.39. The van der Waals surface area contributed by atoms with Crippen LogP contribution in [0, 0.1) is 10.8 Å². The Balaban J connectivity index is 1.89. The number of allylic oxidation sites excluding steroid dienone is 2. The van der Waals surface area contributed by atoms with Crippen LogP contribution in [0.15, 0.2) is 59.7 Å². The summed E-state index contributed by atoms with van der Waals surface area (Å²) in [5, 5.41) is 15.0. The van der Waals surface area contributed by atoms with Crippen molar-refractivity contribution in [3.8, 4) is 0 Å². The Morgan fingerprint density at radius 2 is 1.07 bits per heavy atom. The molecule has 0 spiro atoms. The van der Waals surface area contributed by atoms with Crippen molar-refractivity contribution < 1.29 is 4.79 Å². The second-order valence-corrected chi connectivity index (χ2v) is 7.30. The third-order valence-corrected chi connectivity index (χ3v) is 5.10. The van der Waals surface area contributed by atoms with E-state index in [2.05, 4.69) is 0 Å². The molecule has 0 amide bonds. The van der Waals surface area contributed by atoms with E-state index >= 15 is 0 Å². The highest BCUT2D eigenvalue weighted by Gasteiger charge is 2.18. The molecule has 0 aromatic heterocycles. The van der Waals surface area contributed by atoms with Gasteiger partial charge in [-0.1, -0.05) is 55.0 Å². The average Bonchev–Trinajstić information content (AvgIpc) is 2.71. The van der Waals surface area contributed by atoms with Gasteiger partial charge in [0.05, 0.1) is 0 Å². The standard InChI is InChI=1S/C24H26N4O/c25-23(26)18-10-6-16(7-11-18)14-20-4-2-1-3-5-21(22(20)29)15-17-8-12-19(13-9-17)24(27)28/h6-15H,1-5H2,(H3,25,26)(H3,27,28)/b20-14+,21-15+. The van der Waals surface area contributed by atoms with E-state index in [1.165, 1.54) is 0 Å². The van der Waals surface area contributed by atoms with Gasteiger partial charge in [-0.15, -0.1) is 0 Å². The number of carbonyl (C=O) groups is 1. The fourth-order valence-corrected chi connectivity index (χ4v) is 3.44. The van der Waals surface area contributed by atoms with Gasteiger partial charge in [-0.25, -0.2) is 0 Å². The van der Waals surface area contributed by atoms with Crippen molar-refractivity contribution in [1.82, 2.24) is 0 Å². The fraction of sp³-hybridized carbons (Fsp3) is 0.208. The molecular formula is C24H26N4O.